The van der Waals surface area contributed by atoms with Crippen LogP contribution in [-0.2, 0) is 4.79 Å². The highest BCUT2D eigenvalue weighted by Crippen LogP contribution is 2.20. The zero-order chi connectivity index (χ0) is 13.9. The summed E-state index contributed by atoms with van der Waals surface area (Å²) in [5.74, 6) is 0.388. The summed E-state index contributed by atoms with van der Waals surface area (Å²) in [7, 11) is 0. The normalized spacial score (nSPS) is 18.2. The Labute approximate surface area is 118 Å². The first-order valence-corrected chi connectivity index (χ1v) is 7.12. The first kappa shape index (κ1) is 13.1. The average molecular weight is 273 g/mol. The van der Waals surface area contributed by atoms with Gasteiger partial charge in [0, 0.05) is 23.7 Å². The van der Waals surface area contributed by atoms with Gasteiger partial charge in [0.15, 0.2) is 0 Å². The van der Waals surface area contributed by atoms with Crippen molar-refractivity contribution >= 4 is 17.5 Å². The molecule has 3 rings (SSSR count). The first-order valence-electron chi connectivity index (χ1n) is 7.12. The van der Waals surface area contributed by atoms with Gasteiger partial charge in [-0.2, -0.15) is 0 Å². The summed E-state index contributed by atoms with van der Waals surface area (Å²) < 4.78 is 0. The van der Waals surface area contributed by atoms with Crippen LogP contribution in [-0.4, -0.2) is 30.9 Å². The fraction of sp³-hybridized carbons (Fsp3) is 0.467. The van der Waals surface area contributed by atoms with E-state index in [1.807, 2.05) is 6.07 Å². The fourth-order valence-electron chi connectivity index (χ4n) is 2.20. The lowest BCUT2D eigenvalue weighted by atomic mass is 9.99. The molecular formula is C15H19N3O2. The summed E-state index contributed by atoms with van der Waals surface area (Å²) in [6.07, 6.45) is 2.67. The number of benzene rings is 1. The SMILES string of the molecule is O=C(CC1CNC1)Nc1cccc(C(=O)NC2CC2)c1. The van der Waals surface area contributed by atoms with E-state index in [-0.39, 0.29) is 11.8 Å². The molecule has 0 spiro atoms. The van der Waals surface area contributed by atoms with Gasteiger partial charge in [0.1, 0.15) is 0 Å². The number of anilines is 1. The van der Waals surface area contributed by atoms with Gasteiger partial charge in [0.2, 0.25) is 5.91 Å². The highest BCUT2D eigenvalue weighted by molar-refractivity contribution is 5.97. The van der Waals surface area contributed by atoms with Crippen molar-refractivity contribution in [1.29, 1.82) is 0 Å². The third-order valence-corrected chi connectivity index (χ3v) is 3.66. The van der Waals surface area contributed by atoms with E-state index in [0.717, 1.165) is 25.9 Å². The molecule has 1 saturated heterocycles. The van der Waals surface area contributed by atoms with Gasteiger partial charge in [-0.15, -0.1) is 0 Å². The van der Waals surface area contributed by atoms with Crippen molar-refractivity contribution in [2.24, 2.45) is 5.92 Å². The summed E-state index contributed by atoms with van der Waals surface area (Å²) in [4.78, 5) is 23.8. The average Bonchev–Trinajstić information content (AvgIpc) is 3.18. The third-order valence-electron chi connectivity index (χ3n) is 3.66. The minimum Gasteiger partial charge on any atom is -0.349 e. The third kappa shape index (κ3) is 3.36. The Hall–Kier alpha value is -1.88. The number of rotatable bonds is 5. The van der Waals surface area contributed by atoms with Gasteiger partial charge in [-0.25, -0.2) is 0 Å². The predicted octanol–water partition coefficient (Wildman–Crippen LogP) is 1.13. The van der Waals surface area contributed by atoms with E-state index in [2.05, 4.69) is 16.0 Å². The molecule has 2 aliphatic rings. The molecule has 2 amide bonds. The molecule has 0 unspecified atom stereocenters. The molecule has 0 aromatic heterocycles. The van der Waals surface area contributed by atoms with Crippen LogP contribution in [0.3, 0.4) is 0 Å². The lowest BCUT2D eigenvalue weighted by Crippen LogP contribution is -2.43. The maximum atomic E-state index is 11.9. The van der Waals surface area contributed by atoms with E-state index < -0.39 is 0 Å². The van der Waals surface area contributed by atoms with Crippen molar-refractivity contribution in [3.05, 3.63) is 29.8 Å². The molecule has 1 heterocycles. The lowest BCUT2D eigenvalue weighted by molar-refractivity contribution is -0.117. The standard InChI is InChI=1S/C15H19N3O2/c19-14(6-10-8-16-9-10)17-13-3-1-2-11(7-13)15(20)18-12-4-5-12/h1-3,7,10,12,16H,4-6,8-9H2,(H,17,19)(H,18,20). The topological polar surface area (TPSA) is 70.2 Å². The van der Waals surface area contributed by atoms with Gasteiger partial charge in [0.05, 0.1) is 0 Å². The van der Waals surface area contributed by atoms with E-state index in [4.69, 9.17) is 0 Å². The molecular weight excluding hydrogens is 254 g/mol. The van der Waals surface area contributed by atoms with Gasteiger partial charge >= 0.3 is 0 Å². The Kier molecular flexibility index (Phi) is 3.69. The molecule has 0 atom stereocenters. The largest absolute Gasteiger partial charge is 0.349 e. The van der Waals surface area contributed by atoms with Gasteiger partial charge in [-0.3, -0.25) is 9.59 Å². The molecule has 1 aromatic carbocycles. The first-order chi connectivity index (χ1) is 9.70. The molecule has 20 heavy (non-hydrogen) atoms. The second-order valence-electron chi connectivity index (χ2n) is 5.61. The van der Waals surface area contributed by atoms with Gasteiger partial charge in [-0.1, -0.05) is 6.07 Å². The molecule has 5 nitrogen and oxygen atoms in total. The predicted molar refractivity (Wildman–Crippen MR) is 76.5 cm³/mol. The van der Waals surface area contributed by atoms with E-state index in [1.165, 1.54) is 0 Å². The quantitative estimate of drug-likeness (QED) is 0.753. The zero-order valence-corrected chi connectivity index (χ0v) is 11.3. The maximum absolute atomic E-state index is 11.9. The van der Waals surface area contributed by atoms with Crippen molar-refractivity contribution in [2.75, 3.05) is 18.4 Å². The van der Waals surface area contributed by atoms with E-state index in [1.54, 1.807) is 18.2 Å². The summed E-state index contributed by atoms with van der Waals surface area (Å²) in [6.45, 7) is 1.83. The number of carbonyl (C=O) groups is 2. The van der Waals surface area contributed by atoms with Crippen LogP contribution in [0.4, 0.5) is 5.69 Å². The summed E-state index contributed by atoms with van der Waals surface area (Å²) in [5.41, 5.74) is 1.28. The van der Waals surface area contributed by atoms with Crippen LogP contribution >= 0.6 is 0 Å². The zero-order valence-electron chi connectivity index (χ0n) is 11.3. The molecule has 1 aromatic rings. The number of nitrogens with one attached hydrogen (secondary N) is 3. The van der Waals surface area contributed by atoms with Crippen LogP contribution in [0.5, 0.6) is 0 Å². The molecule has 1 saturated carbocycles. The van der Waals surface area contributed by atoms with Crippen LogP contribution < -0.4 is 16.0 Å². The van der Waals surface area contributed by atoms with Gasteiger partial charge in [0.25, 0.3) is 5.91 Å². The molecule has 5 heteroatoms. The second kappa shape index (κ2) is 5.63. The maximum Gasteiger partial charge on any atom is 0.251 e. The van der Waals surface area contributed by atoms with Crippen LogP contribution in [0.1, 0.15) is 29.6 Å². The minimum absolute atomic E-state index is 0.0104. The number of hydrogen-bond acceptors (Lipinski definition) is 3. The molecule has 0 bridgehead atoms. The van der Waals surface area contributed by atoms with Crippen LogP contribution in [0.2, 0.25) is 0 Å². The van der Waals surface area contributed by atoms with Crippen LogP contribution in [0.25, 0.3) is 0 Å². The molecule has 1 aliphatic carbocycles. The summed E-state index contributed by atoms with van der Waals surface area (Å²) in [6, 6.07) is 7.44. The molecule has 106 valence electrons. The van der Waals surface area contributed by atoms with Crippen molar-refractivity contribution < 1.29 is 9.59 Å². The Morgan fingerprint density at radius 1 is 1.25 bits per heavy atom. The number of hydrogen-bond donors (Lipinski definition) is 3. The monoisotopic (exact) mass is 273 g/mol. The van der Waals surface area contributed by atoms with Crippen molar-refractivity contribution in [2.45, 2.75) is 25.3 Å². The molecule has 1 aliphatic heterocycles. The molecule has 0 radical (unpaired) electrons. The minimum atomic E-state index is -0.0632. The van der Waals surface area contributed by atoms with Gasteiger partial charge in [-0.05, 0) is 50.0 Å². The van der Waals surface area contributed by atoms with Crippen molar-refractivity contribution in [1.82, 2.24) is 10.6 Å². The lowest BCUT2D eigenvalue weighted by Gasteiger charge is -2.26. The van der Waals surface area contributed by atoms with E-state index >= 15 is 0 Å². The second-order valence-corrected chi connectivity index (χ2v) is 5.61. The Bertz CT molecular complexity index is 522. The van der Waals surface area contributed by atoms with E-state index in [9.17, 15) is 9.59 Å². The summed E-state index contributed by atoms with van der Waals surface area (Å²) >= 11 is 0. The van der Waals surface area contributed by atoms with Crippen LogP contribution in [0, 0.1) is 5.92 Å². The number of amides is 2. The van der Waals surface area contributed by atoms with Crippen molar-refractivity contribution in [3.63, 3.8) is 0 Å². The number of carbonyl (C=O) groups excluding carboxylic acids is 2. The Morgan fingerprint density at radius 2 is 2.05 bits per heavy atom. The van der Waals surface area contributed by atoms with E-state index in [0.29, 0.717) is 29.6 Å². The van der Waals surface area contributed by atoms with Gasteiger partial charge < -0.3 is 16.0 Å². The smallest absolute Gasteiger partial charge is 0.251 e. The van der Waals surface area contributed by atoms with Crippen molar-refractivity contribution in [3.8, 4) is 0 Å². The highest BCUT2D eigenvalue weighted by Gasteiger charge is 2.24. The fourth-order valence-corrected chi connectivity index (χ4v) is 2.20. The highest BCUT2D eigenvalue weighted by atomic mass is 16.2. The molecule has 3 N–H and O–H groups in total. The molecule has 2 fully saturated rings. The Morgan fingerprint density at radius 3 is 2.70 bits per heavy atom. The Balaban J connectivity index is 1.57. The summed E-state index contributed by atoms with van der Waals surface area (Å²) in [5, 5.41) is 8.95. The van der Waals surface area contributed by atoms with Crippen LogP contribution in [0.15, 0.2) is 24.3 Å².